The van der Waals surface area contributed by atoms with E-state index >= 15 is 0 Å². The second kappa shape index (κ2) is 9.41. The van der Waals surface area contributed by atoms with Crippen molar-refractivity contribution < 1.29 is 37.3 Å². The molecule has 0 radical (unpaired) electrons. The molecule has 0 unspecified atom stereocenters. The first kappa shape index (κ1) is 24.0. The van der Waals surface area contributed by atoms with E-state index in [2.05, 4.69) is 0 Å². The highest BCUT2D eigenvalue weighted by Gasteiger charge is 2.37. The van der Waals surface area contributed by atoms with E-state index in [4.69, 9.17) is 14.2 Å². The van der Waals surface area contributed by atoms with Gasteiger partial charge in [-0.25, -0.2) is 0 Å². The van der Waals surface area contributed by atoms with E-state index in [1.165, 1.54) is 25.3 Å². The van der Waals surface area contributed by atoms with Crippen LogP contribution in [0.25, 0.3) is 0 Å². The van der Waals surface area contributed by atoms with E-state index in [0.29, 0.717) is 42.1 Å². The highest BCUT2D eigenvalue weighted by molar-refractivity contribution is 5.71. The number of ether oxygens (including phenoxy) is 3. The number of aromatic hydroxyl groups is 1. The number of rotatable bonds is 6. The lowest BCUT2D eigenvalue weighted by atomic mass is 9.92. The number of phenolic OH excluding ortho intramolecular Hbond substituents is 1. The van der Waals surface area contributed by atoms with Crippen LogP contribution in [-0.2, 0) is 28.5 Å². The van der Waals surface area contributed by atoms with Crippen LogP contribution in [0.1, 0.15) is 58.2 Å². The third kappa shape index (κ3) is 4.72. The predicted octanol–water partition coefficient (Wildman–Crippen LogP) is 6.11. The molecule has 0 bridgehead atoms. The number of benzene rings is 3. The van der Waals surface area contributed by atoms with Gasteiger partial charge in [0.25, 0.3) is 0 Å². The average Bonchev–Trinajstić information content (AvgIpc) is 3.44. The number of halogens is 3. The van der Waals surface area contributed by atoms with E-state index < -0.39 is 11.7 Å². The van der Waals surface area contributed by atoms with Gasteiger partial charge in [0.15, 0.2) is 0 Å². The molecule has 3 aromatic rings. The molecule has 36 heavy (non-hydrogen) atoms. The lowest BCUT2D eigenvalue weighted by Gasteiger charge is -2.20. The molecule has 2 aliphatic rings. The third-order valence-electron chi connectivity index (χ3n) is 6.88. The lowest BCUT2D eigenvalue weighted by Crippen LogP contribution is -2.13. The molecule has 2 atom stereocenters. The van der Waals surface area contributed by atoms with Gasteiger partial charge < -0.3 is 19.3 Å². The van der Waals surface area contributed by atoms with Crippen LogP contribution in [0, 0.1) is 0 Å². The molecule has 0 saturated carbocycles. The molecule has 0 saturated heterocycles. The van der Waals surface area contributed by atoms with Crippen LogP contribution >= 0.6 is 0 Å². The van der Waals surface area contributed by atoms with Gasteiger partial charge in [0, 0.05) is 17.5 Å². The molecule has 1 aliphatic heterocycles. The van der Waals surface area contributed by atoms with E-state index in [1.807, 2.05) is 6.07 Å². The average molecular weight is 498 g/mol. The molecule has 188 valence electrons. The van der Waals surface area contributed by atoms with Crippen molar-refractivity contribution in [1.29, 1.82) is 0 Å². The van der Waals surface area contributed by atoms with Crippen LogP contribution in [0.15, 0.2) is 54.6 Å². The van der Waals surface area contributed by atoms with Gasteiger partial charge in [0.05, 0.1) is 25.7 Å². The third-order valence-corrected chi connectivity index (χ3v) is 6.88. The molecule has 1 N–H and O–H groups in total. The summed E-state index contributed by atoms with van der Waals surface area (Å²) in [6.45, 7) is 0.376. The number of esters is 1. The molecule has 1 aliphatic carbocycles. The molecule has 8 heteroatoms. The van der Waals surface area contributed by atoms with E-state index in [1.54, 1.807) is 24.3 Å². The molecule has 5 rings (SSSR count). The fourth-order valence-corrected chi connectivity index (χ4v) is 5.09. The highest BCUT2D eigenvalue weighted by Crippen LogP contribution is 2.44. The summed E-state index contributed by atoms with van der Waals surface area (Å²) in [4.78, 5) is 11.7. The smallest absolute Gasteiger partial charge is 0.416 e. The van der Waals surface area contributed by atoms with Gasteiger partial charge in [-0.3, -0.25) is 4.79 Å². The summed E-state index contributed by atoms with van der Waals surface area (Å²) >= 11 is 0. The van der Waals surface area contributed by atoms with Gasteiger partial charge in [-0.1, -0.05) is 24.3 Å². The number of fused-ring (bicyclic) bond motifs is 2. The number of hydrogen-bond acceptors (Lipinski definition) is 5. The van der Waals surface area contributed by atoms with Crippen molar-refractivity contribution in [2.24, 2.45) is 0 Å². The minimum absolute atomic E-state index is 0.0662. The maximum atomic E-state index is 13.9. The van der Waals surface area contributed by atoms with Crippen molar-refractivity contribution in [2.45, 2.75) is 43.9 Å². The number of methoxy groups -OCH3 is 1. The summed E-state index contributed by atoms with van der Waals surface area (Å²) < 4.78 is 58.3. The summed E-state index contributed by atoms with van der Waals surface area (Å²) in [7, 11) is 1.35. The Morgan fingerprint density at radius 3 is 2.56 bits per heavy atom. The summed E-state index contributed by atoms with van der Waals surface area (Å²) in [5, 5.41) is 9.53. The lowest BCUT2D eigenvalue weighted by molar-refractivity contribution is -0.141. The van der Waals surface area contributed by atoms with Crippen LogP contribution in [0.5, 0.6) is 17.2 Å². The normalized spacial score (nSPS) is 18.3. The van der Waals surface area contributed by atoms with Crippen LogP contribution in [0.2, 0.25) is 0 Å². The maximum absolute atomic E-state index is 13.9. The SMILES string of the molecule is COC(=O)C[C@@H]1COc2cc(O[C@@H]3CCc4c3ccc(C(F)(F)F)c4Cc3ccc(O)cc3)ccc21. The Morgan fingerprint density at radius 1 is 1.08 bits per heavy atom. The Hall–Kier alpha value is -3.68. The standard InChI is InChI=1S/C28H25F3O5/c1-34-27(33)13-17-15-35-26-14-19(6-7-20(17)26)36-25-11-9-21-22(25)8-10-24(28(29,30)31)23(21)12-16-2-4-18(32)5-3-16/h2-8,10,14,17,25,32H,9,11-13,15H2,1H3/t17-,25-/m1/s1. The number of carbonyl (C=O) groups excluding carboxylic acids is 1. The van der Waals surface area contributed by atoms with Gasteiger partial charge in [-0.15, -0.1) is 0 Å². The Balaban J connectivity index is 1.41. The Labute approximate surface area is 206 Å². The molecule has 0 spiro atoms. The Kier molecular flexibility index (Phi) is 6.28. The van der Waals surface area contributed by atoms with Crippen molar-refractivity contribution in [3.63, 3.8) is 0 Å². The zero-order chi connectivity index (χ0) is 25.4. The van der Waals surface area contributed by atoms with Crippen LogP contribution in [0.4, 0.5) is 13.2 Å². The van der Waals surface area contributed by atoms with Gasteiger partial charge in [-0.05, 0) is 65.8 Å². The first-order valence-electron chi connectivity index (χ1n) is 11.7. The maximum Gasteiger partial charge on any atom is 0.416 e. The minimum atomic E-state index is -4.47. The van der Waals surface area contributed by atoms with Gasteiger partial charge in [0.1, 0.15) is 23.4 Å². The zero-order valence-electron chi connectivity index (χ0n) is 19.6. The van der Waals surface area contributed by atoms with Gasteiger partial charge in [-0.2, -0.15) is 13.2 Å². The number of hydrogen-bond donors (Lipinski definition) is 1. The van der Waals surface area contributed by atoms with Crippen molar-refractivity contribution in [1.82, 2.24) is 0 Å². The fourth-order valence-electron chi connectivity index (χ4n) is 5.09. The van der Waals surface area contributed by atoms with Crippen LogP contribution in [0.3, 0.4) is 0 Å². The molecule has 0 fully saturated rings. The van der Waals surface area contributed by atoms with Crippen molar-refractivity contribution >= 4 is 5.97 Å². The predicted molar refractivity (Wildman–Crippen MR) is 125 cm³/mol. The fraction of sp³-hybridized carbons (Fsp3) is 0.321. The van der Waals surface area contributed by atoms with Crippen molar-refractivity contribution in [3.05, 3.63) is 88.0 Å². The highest BCUT2D eigenvalue weighted by atomic mass is 19.4. The largest absolute Gasteiger partial charge is 0.508 e. The van der Waals surface area contributed by atoms with Crippen molar-refractivity contribution in [3.8, 4) is 17.2 Å². The Morgan fingerprint density at radius 2 is 1.83 bits per heavy atom. The van der Waals surface area contributed by atoms with E-state index in [-0.39, 0.29) is 42.1 Å². The molecular weight excluding hydrogens is 473 g/mol. The summed E-state index contributed by atoms with van der Waals surface area (Å²) in [5.74, 6) is 0.875. The first-order chi connectivity index (χ1) is 17.2. The topological polar surface area (TPSA) is 65.0 Å². The van der Waals surface area contributed by atoms with Crippen molar-refractivity contribution in [2.75, 3.05) is 13.7 Å². The molecular formula is C28H25F3O5. The molecule has 5 nitrogen and oxygen atoms in total. The Bertz CT molecular complexity index is 1280. The molecule has 1 heterocycles. The molecule has 0 aromatic heterocycles. The van der Waals surface area contributed by atoms with Gasteiger partial charge >= 0.3 is 12.1 Å². The monoisotopic (exact) mass is 498 g/mol. The number of carbonyl (C=O) groups is 1. The van der Waals surface area contributed by atoms with Crippen LogP contribution < -0.4 is 9.47 Å². The van der Waals surface area contributed by atoms with Gasteiger partial charge in [0.2, 0.25) is 0 Å². The van der Waals surface area contributed by atoms with Crippen LogP contribution in [-0.4, -0.2) is 24.8 Å². The molecule has 0 amide bonds. The zero-order valence-corrected chi connectivity index (χ0v) is 19.6. The second-order valence-corrected chi connectivity index (χ2v) is 9.13. The van der Waals surface area contributed by atoms with E-state index in [9.17, 15) is 23.1 Å². The van der Waals surface area contributed by atoms with E-state index in [0.717, 1.165) is 17.2 Å². The molecule has 3 aromatic carbocycles. The minimum Gasteiger partial charge on any atom is -0.508 e. The quantitative estimate of drug-likeness (QED) is 0.416. The second-order valence-electron chi connectivity index (χ2n) is 9.13. The number of phenols is 1. The summed E-state index contributed by atoms with van der Waals surface area (Å²) in [6.07, 6.45) is -3.49. The summed E-state index contributed by atoms with van der Waals surface area (Å²) in [6, 6.07) is 14.3. The first-order valence-corrected chi connectivity index (χ1v) is 11.7. The number of alkyl halides is 3. The summed E-state index contributed by atoms with van der Waals surface area (Å²) in [5.41, 5.74) is 2.62.